The molecule has 148 valence electrons. The molecular weight excluding hydrogens is 382 g/mol. The van der Waals surface area contributed by atoms with E-state index in [2.05, 4.69) is 42.3 Å². The van der Waals surface area contributed by atoms with E-state index in [-0.39, 0.29) is 24.2 Å². The van der Waals surface area contributed by atoms with Gasteiger partial charge in [-0.1, -0.05) is 48.0 Å². The Morgan fingerprint density at radius 1 is 1.21 bits per heavy atom. The fourth-order valence-corrected chi connectivity index (χ4v) is 4.29. The summed E-state index contributed by atoms with van der Waals surface area (Å²) in [6.45, 7) is 5.08. The van der Waals surface area contributed by atoms with Gasteiger partial charge in [0, 0.05) is 30.5 Å². The lowest BCUT2D eigenvalue weighted by Gasteiger charge is -2.16. The number of likely N-dealkylation sites (tertiary alicyclic amines) is 1. The van der Waals surface area contributed by atoms with Crippen molar-refractivity contribution in [1.29, 1.82) is 0 Å². The first-order valence-electron chi connectivity index (χ1n) is 9.65. The fraction of sp³-hybridized carbons (Fsp3) is 0.261. The van der Waals surface area contributed by atoms with Gasteiger partial charge in [0.1, 0.15) is 0 Å². The molecule has 6 heteroatoms. The summed E-state index contributed by atoms with van der Waals surface area (Å²) in [5, 5.41) is 5.43. The second-order valence-electron chi connectivity index (χ2n) is 7.51. The quantitative estimate of drug-likeness (QED) is 0.684. The molecule has 0 saturated carbocycles. The lowest BCUT2D eigenvalue weighted by molar-refractivity contribution is -0.128. The van der Waals surface area contributed by atoms with Gasteiger partial charge in [0.15, 0.2) is 5.13 Å². The van der Waals surface area contributed by atoms with Crippen LogP contribution in [0, 0.1) is 19.8 Å². The van der Waals surface area contributed by atoms with Gasteiger partial charge in [0.05, 0.1) is 11.6 Å². The van der Waals surface area contributed by atoms with Gasteiger partial charge in [-0.05, 0) is 31.0 Å². The normalized spacial score (nSPS) is 16.3. The largest absolute Gasteiger partial charge is 0.338 e. The maximum atomic E-state index is 12.7. The van der Waals surface area contributed by atoms with Crippen LogP contribution in [0.4, 0.5) is 5.13 Å². The molecule has 1 aliphatic heterocycles. The maximum Gasteiger partial charge on any atom is 0.231 e. The van der Waals surface area contributed by atoms with Gasteiger partial charge in [0.25, 0.3) is 0 Å². The Bertz CT molecular complexity index is 1050. The number of carbonyl (C=O) groups is 2. The predicted octanol–water partition coefficient (Wildman–Crippen LogP) is 4.41. The average molecular weight is 406 g/mol. The van der Waals surface area contributed by atoms with E-state index in [4.69, 9.17) is 0 Å². The van der Waals surface area contributed by atoms with Gasteiger partial charge >= 0.3 is 0 Å². The SMILES string of the molecule is Cc1ccc(C)c(-c2csc(NC(=O)[C@@H]3CC(=O)N(Cc4ccccc4)C3)n2)c1. The Morgan fingerprint density at radius 3 is 2.79 bits per heavy atom. The van der Waals surface area contributed by atoms with Gasteiger partial charge in [0.2, 0.25) is 11.8 Å². The van der Waals surface area contributed by atoms with Crippen LogP contribution in [0.25, 0.3) is 11.3 Å². The van der Waals surface area contributed by atoms with E-state index in [1.54, 1.807) is 4.90 Å². The van der Waals surface area contributed by atoms with Crippen molar-refractivity contribution in [3.63, 3.8) is 0 Å². The number of amides is 2. The van der Waals surface area contributed by atoms with E-state index in [0.717, 1.165) is 22.4 Å². The topological polar surface area (TPSA) is 62.3 Å². The van der Waals surface area contributed by atoms with Crippen LogP contribution in [-0.2, 0) is 16.1 Å². The molecule has 1 aliphatic rings. The molecule has 29 heavy (non-hydrogen) atoms. The molecule has 5 nitrogen and oxygen atoms in total. The molecule has 0 spiro atoms. The zero-order valence-corrected chi connectivity index (χ0v) is 17.3. The van der Waals surface area contributed by atoms with Crippen molar-refractivity contribution in [1.82, 2.24) is 9.88 Å². The van der Waals surface area contributed by atoms with Crippen LogP contribution in [0.2, 0.25) is 0 Å². The molecule has 0 unspecified atom stereocenters. The molecule has 1 atom stereocenters. The Hall–Kier alpha value is -2.99. The van der Waals surface area contributed by atoms with Crippen molar-refractivity contribution in [2.75, 3.05) is 11.9 Å². The summed E-state index contributed by atoms with van der Waals surface area (Å²) in [7, 11) is 0. The third kappa shape index (κ3) is 4.38. The maximum absolute atomic E-state index is 12.7. The fourth-order valence-electron chi connectivity index (χ4n) is 3.58. The number of aromatic nitrogens is 1. The van der Waals surface area contributed by atoms with Crippen molar-refractivity contribution >= 4 is 28.3 Å². The van der Waals surface area contributed by atoms with E-state index in [0.29, 0.717) is 18.2 Å². The molecule has 1 aromatic heterocycles. The number of thiazole rings is 1. The molecule has 1 fully saturated rings. The highest BCUT2D eigenvalue weighted by Gasteiger charge is 2.34. The van der Waals surface area contributed by atoms with Crippen LogP contribution >= 0.6 is 11.3 Å². The Morgan fingerprint density at radius 2 is 2.00 bits per heavy atom. The van der Waals surface area contributed by atoms with Gasteiger partial charge in [-0.15, -0.1) is 11.3 Å². The molecule has 1 N–H and O–H groups in total. The molecule has 2 aromatic carbocycles. The van der Waals surface area contributed by atoms with E-state index in [9.17, 15) is 9.59 Å². The molecule has 0 aliphatic carbocycles. The lowest BCUT2D eigenvalue weighted by Crippen LogP contribution is -2.28. The van der Waals surface area contributed by atoms with Gasteiger partial charge < -0.3 is 10.2 Å². The first kappa shape index (κ1) is 19.3. The third-order valence-corrected chi connectivity index (χ3v) is 5.96. The first-order chi connectivity index (χ1) is 14.0. The number of aryl methyl sites for hydroxylation is 2. The Balaban J connectivity index is 1.40. The molecular formula is C23H23N3O2S. The molecule has 1 saturated heterocycles. The van der Waals surface area contributed by atoms with E-state index in [1.807, 2.05) is 35.7 Å². The number of carbonyl (C=O) groups excluding carboxylic acids is 2. The van der Waals surface area contributed by atoms with Gasteiger partial charge in [-0.3, -0.25) is 9.59 Å². The number of hydrogen-bond donors (Lipinski definition) is 1. The van der Waals surface area contributed by atoms with Crippen molar-refractivity contribution < 1.29 is 9.59 Å². The zero-order valence-electron chi connectivity index (χ0n) is 16.5. The smallest absolute Gasteiger partial charge is 0.231 e. The molecule has 0 bridgehead atoms. The minimum absolute atomic E-state index is 0.0178. The Labute approximate surface area is 174 Å². The molecule has 3 aromatic rings. The van der Waals surface area contributed by atoms with Crippen LogP contribution in [-0.4, -0.2) is 28.2 Å². The molecule has 4 rings (SSSR count). The number of rotatable bonds is 5. The van der Waals surface area contributed by atoms with Crippen LogP contribution in [0.15, 0.2) is 53.9 Å². The second-order valence-corrected chi connectivity index (χ2v) is 8.36. The van der Waals surface area contributed by atoms with Crippen molar-refractivity contribution in [3.05, 3.63) is 70.6 Å². The van der Waals surface area contributed by atoms with Gasteiger partial charge in [-0.25, -0.2) is 4.98 Å². The van der Waals surface area contributed by atoms with Crippen molar-refractivity contribution in [2.24, 2.45) is 5.92 Å². The number of benzene rings is 2. The number of nitrogens with zero attached hydrogens (tertiary/aromatic N) is 2. The summed E-state index contributed by atoms with van der Waals surface area (Å²) in [5.41, 5.74) is 5.33. The lowest BCUT2D eigenvalue weighted by atomic mass is 10.0. The number of nitrogens with one attached hydrogen (secondary N) is 1. The summed E-state index contributed by atoms with van der Waals surface area (Å²) in [6, 6.07) is 16.1. The predicted molar refractivity (Wildman–Crippen MR) is 116 cm³/mol. The second kappa shape index (κ2) is 8.17. The summed E-state index contributed by atoms with van der Waals surface area (Å²) in [5.74, 6) is -0.473. The van der Waals surface area contributed by atoms with E-state index < -0.39 is 0 Å². The highest BCUT2D eigenvalue weighted by molar-refractivity contribution is 7.14. The zero-order chi connectivity index (χ0) is 20.4. The minimum Gasteiger partial charge on any atom is -0.338 e. The van der Waals surface area contributed by atoms with Crippen LogP contribution in [0.1, 0.15) is 23.1 Å². The van der Waals surface area contributed by atoms with Crippen LogP contribution in [0.5, 0.6) is 0 Å². The Kier molecular flexibility index (Phi) is 5.45. The highest BCUT2D eigenvalue weighted by atomic mass is 32.1. The standard InChI is InChI=1S/C23H23N3O2S/c1-15-8-9-16(2)19(10-15)20-14-29-23(24-20)25-22(28)18-11-21(27)26(13-18)12-17-6-4-3-5-7-17/h3-10,14,18H,11-13H2,1-2H3,(H,24,25,28)/t18-/m1/s1. The van der Waals surface area contributed by atoms with Crippen molar-refractivity contribution in [2.45, 2.75) is 26.8 Å². The van der Waals surface area contributed by atoms with Crippen LogP contribution < -0.4 is 5.32 Å². The molecule has 2 amide bonds. The van der Waals surface area contributed by atoms with Crippen molar-refractivity contribution in [3.8, 4) is 11.3 Å². The minimum atomic E-state index is -0.348. The summed E-state index contributed by atoms with van der Waals surface area (Å²) in [4.78, 5) is 31.4. The van der Waals surface area contributed by atoms with Crippen LogP contribution in [0.3, 0.4) is 0 Å². The average Bonchev–Trinajstić information content (AvgIpc) is 3.31. The monoisotopic (exact) mass is 405 g/mol. The summed E-state index contributed by atoms with van der Waals surface area (Å²) >= 11 is 1.41. The summed E-state index contributed by atoms with van der Waals surface area (Å²) in [6.07, 6.45) is 0.244. The number of anilines is 1. The van der Waals surface area contributed by atoms with E-state index >= 15 is 0 Å². The molecule has 0 radical (unpaired) electrons. The highest BCUT2D eigenvalue weighted by Crippen LogP contribution is 2.29. The van der Waals surface area contributed by atoms with E-state index in [1.165, 1.54) is 16.9 Å². The summed E-state index contributed by atoms with van der Waals surface area (Å²) < 4.78 is 0. The number of hydrogen-bond acceptors (Lipinski definition) is 4. The third-order valence-electron chi connectivity index (χ3n) is 5.20. The molecule has 2 heterocycles. The first-order valence-corrected chi connectivity index (χ1v) is 10.5. The van der Waals surface area contributed by atoms with Gasteiger partial charge in [-0.2, -0.15) is 0 Å².